The summed E-state index contributed by atoms with van der Waals surface area (Å²) in [6.07, 6.45) is 1.93. The normalized spacial score (nSPS) is 11.0. The molecule has 1 aromatic carbocycles. The zero-order chi connectivity index (χ0) is 21.2. The first-order valence-corrected chi connectivity index (χ1v) is 10.4. The Hall–Kier alpha value is -3.98. The molecule has 154 valence electrons. The molecule has 1 N–H and O–H groups in total. The van der Waals surface area contributed by atoms with E-state index in [4.69, 9.17) is 8.94 Å². The summed E-state index contributed by atoms with van der Waals surface area (Å²) in [7, 11) is 1.76. The molecule has 0 saturated carbocycles. The summed E-state index contributed by atoms with van der Waals surface area (Å²) >= 11 is 1.58. The molecule has 0 aliphatic carbocycles. The summed E-state index contributed by atoms with van der Waals surface area (Å²) in [6, 6.07) is 16.8. The lowest BCUT2D eigenvalue weighted by atomic mass is 10.1. The van der Waals surface area contributed by atoms with Gasteiger partial charge in [-0.05, 0) is 41.3 Å². The van der Waals surface area contributed by atoms with Gasteiger partial charge in [0.05, 0.1) is 17.6 Å². The van der Waals surface area contributed by atoms with Crippen LogP contribution in [0.25, 0.3) is 22.2 Å². The quantitative estimate of drug-likeness (QED) is 0.421. The summed E-state index contributed by atoms with van der Waals surface area (Å²) in [5.74, 6) is 1.10. The molecule has 0 fully saturated rings. The third kappa shape index (κ3) is 3.90. The highest BCUT2D eigenvalue weighted by Crippen LogP contribution is 2.25. The molecular formula is C22H17N5O3S. The van der Waals surface area contributed by atoms with Gasteiger partial charge in [-0.25, -0.2) is 0 Å². The van der Waals surface area contributed by atoms with Crippen LogP contribution in [-0.4, -0.2) is 25.8 Å². The number of hydrogen-bond acceptors (Lipinski definition) is 7. The number of nitrogens with one attached hydrogen (secondary N) is 1. The number of aromatic nitrogens is 4. The number of hydrogen-bond donors (Lipinski definition) is 1. The molecule has 4 heterocycles. The SMILES string of the molecule is Cn1nc(-c2cccs2)cc1C(=O)Nc1ccccc1Cc1nc(-c2ccco2)no1. The molecule has 4 aromatic heterocycles. The van der Waals surface area contributed by atoms with E-state index < -0.39 is 0 Å². The molecule has 0 aliphatic heterocycles. The number of carbonyl (C=O) groups excluding carboxylic acids is 1. The molecule has 5 rings (SSSR count). The van der Waals surface area contributed by atoms with Crippen LogP contribution in [0.15, 0.2) is 75.2 Å². The van der Waals surface area contributed by atoms with E-state index in [1.165, 1.54) is 0 Å². The van der Waals surface area contributed by atoms with E-state index in [9.17, 15) is 4.79 Å². The standard InChI is InChI=1S/C22H17N5O3S/c1-27-17(13-16(25-27)19-9-5-11-31-19)22(28)23-15-7-3-2-6-14(15)12-20-24-21(26-30-20)18-8-4-10-29-18/h2-11,13H,12H2,1H3,(H,23,28). The Labute approximate surface area is 181 Å². The van der Waals surface area contributed by atoms with Crippen molar-refractivity contribution in [1.82, 2.24) is 19.9 Å². The van der Waals surface area contributed by atoms with Gasteiger partial charge in [0.2, 0.25) is 11.7 Å². The van der Waals surface area contributed by atoms with Crippen molar-refractivity contribution in [1.29, 1.82) is 0 Å². The smallest absolute Gasteiger partial charge is 0.273 e. The van der Waals surface area contributed by atoms with Crippen molar-refractivity contribution in [3.63, 3.8) is 0 Å². The number of benzene rings is 1. The molecule has 0 atom stereocenters. The second-order valence-electron chi connectivity index (χ2n) is 6.79. The third-order valence-corrected chi connectivity index (χ3v) is 5.60. The largest absolute Gasteiger partial charge is 0.461 e. The number of furan rings is 1. The van der Waals surface area contributed by atoms with Gasteiger partial charge in [0.15, 0.2) is 5.76 Å². The average Bonchev–Trinajstić information content (AvgIpc) is 3.56. The van der Waals surface area contributed by atoms with E-state index in [1.807, 2.05) is 41.8 Å². The first-order chi connectivity index (χ1) is 15.2. The Morgan fingerprint density at radius 3 is 2.87 bits per heavy atom. The second kappa shape index (κ2) is 8.04. The maximum absolute atomic E-state index is 12.9. The Morgan fingerprint density at radius 2 is 2.06 bits per heavy atom. The van der Waals surface area contributed by atoms with Crippen molar-refractivity contribution in [2.45, 2.75) is 6.42 Å². The summed E-state index contributed by atoms with van der Waals surface area (Å²) in [5, 5.41) is 13.4. The summed E-state index contributed by atoms with van der Waals surface area (Å²) in [6.45, 7) is 0. The van der Waals surface area contributed by atoms with Crippen LogP contribution >= 0.6 is 11.3 Å². The predicted molar refractivity (Wildman–Crippen MR) is 116 cm³/mol. The minimum atomic E-state index is -0.243. The van der Waals surface area contributed by atoms with Crippen LogP contribution in [0.4, 0.5) is 5.69 Å². The summed E-state index contributed by atoms with van der Waals surface area (Å²) in [4.78, 5) is 18.3. The Morgan fingerprint density at radius 1 is 1.16 bits per heavy atom. The van der Waals surface area contributed by atoms with Crippen molar-refractivity contribution < 1.29 is 13.7 Å². The van der Waals surface area contributed by atoms with Crippen LogP contribution in [0.3, 0.4) is 0 Å². The van der Waals surface area contributed by atoms with Crippen molar-refractivity contribution in [2.75, 3.05) is 5.32 Å². The number of para-hydroxylation sites is 1. The Bertz CT molecular complexity index is 1320. The minimum absolute atomic E-state index is 0.243. The number of carbonyl (C=O) groups is 1. The maximum Gasteiger partial charge on any atom is 0.273 e. The molecule has 31 heavy (non-hydrogen) atoms. The number of thiophene rings is 1. The van der Waals surface area contributed by atoms with Crippen molar-refractivity contribution in [3.05, 3.63) is 83.4 Å². The van der Waals surface area contributed by atoms with E-state index in [2.05, 4.69) is 20.6 Å². The summed E-state index contributed by atoms with van der Waals surface area (Å²) in [5.41, 5.74) is 2.76. The van der Waals surface area contributed by atoms with Crippen LogP contribution in [0, 0.1) is 0 Å². The van der Waals surface area contributed by atoms with Crippen LogP contribution < -0.4 is 5.32 Å². The van der Waals surface area contributed by atoms with E-state index in [-0.39, 0.29) is 5.91 Å². The molecule has 0 spiro atoms. The molecule has 5 aromatic rings. The molecule has 9 heteroatoms. The van der Waals surface area contributed by atoms with Crippen molar-refractivity contribution >= 4 is 22.9 Å². The lowest BCUT2D eigenvalue weighted by molar-refractivity contribution is 0.101. The van der Waals surface area contributed by atoms with Gasteiger partial charge in [-0.1, -0.05) is 29.4 Å². The zero-order valence-electron chi connectivity index (χ0n) is 16.5. The van der Waals surface area contributed by atoms with Crippen LogP contribution in [0.2, 0.25) is 0 Å². The molecule has 8 nitrogen and oxygen atoms in total. The first kappa shape index (κ1) is 19.0. The number of nitrogens with zero attached hydrogens (tertiary/aromatic N) is 4. The van der Waals surface area contributed by atoms with Gasteiger partial charge in [0, 0.05) is 12.7 Å². The molecular weight excluding hydrogens is 414 g/mol. The Balaban J connectivity index is 1.36. The summed E-state index contributed by atoms with van der Waals surface area (Å²) < 4.78 is 12.2. The fourth-order valence-electron chi connectivity index (χ4n) is 3.20. The average molecular weight is 431 g/mol. The number of anilines is 1. The van der Waals surface area contributed by atoms with Gasteiger partial charge in [0.1, 0.15) is 11.4 Å². The van der Waals surface area contributed by atoms with Crippen molar-refractivity contribution in [3.8, 4) is 22.2 Å². The molecule has 1 amide bonds. The number of amides is 1. The highest BCUT2D eigenvalue weighted by Gasteiger charge is 2.18. The molecule has 0 aliphatic rings. The van der Waals surface area contributed by atoms with E-state index in [0.29, 0.717) is 35.3 Å². The van der Waals surface area contributed by atoms with Crippen LogP contribution in [0.5, 0.6) is 0 Å². The van der Waals surface area contributed by atoms with Crippen LogP contribution in [0.1, 0.15) is 21.9 Å². The van der Waals surface area contributed by atoms with Gasteiger partial charge in [-0.15, -0.1) is 11.3 Å². The van der Waals surface area contributed by atoms with E-state index in [1.54, 1.807) is 47.5 Å². The molecule has 0 radical (unpaired) electrons. The maximum atomic E-state index is 12.9. The molecule has 0 unspecified atom stereocenters. The van der Waals surface area contributed by atoms with Crippen molar-refractivity contribution in [2.24, 2.45) is 7.05 Å². The Kier molecular flexibility index (Phi) is 4.93. The lowest BCUT2D eigenvalue weighted by Crippen LogP contribution is -2.17. The van der Waals surface area contributed by atoms with Gasteiger partial charge in [-0.3, -0.25) is 9.48 Å². The minimum Gasteiger partial charge on any atom is -0.461 e. The highest BCUT2D eigenvalue weighted by atomic mass is 32.1. The fourth-order valence-corrected chi connectivity index (χ4v) is 3.88. The highest BCUT2D eigenvalue weighted by molar-refractivity contribution is 7.13. The second-order valence-corrected chi connectivity index (χ2v) is 7.74. The topological polar surface area (TPSA) is 99.0 Å². The van der Waals surface area contributed by atoms with Gasteiger partial charge in [0.25, 0.3) is 5.91 Å². The van der Waals surface area contributed by atoms with E-state index in [0.717, 1.165) is 16.1 Å². The lowest BCUT2D eigenvalue weighted by Gasteiger charge is -2.09. The van der Waals surface area contributed by atoms with Gasteiger partial charge >= 0.3 is 0 Å². The van der Waals surface area contributed by atoms with Gasteiger partial charge in [-0.2, -0.15) is 10.1 Å². The van der Waals surface area contributed by atoms with E-state index >= 15 is 0 Å². The van der Waals surface area contributed by atoms with Gasteiger partial charge < -0.3 is 14.3 Å². The third-order valence-electron chi connectivity index (χ3n) is 4.70. The van der Waals surface area contributed by atoms with Crippen LogP contribution in [-0.2, 0) is 13.5 Å². The fraction of sp³-hybridized carbons (Fsp3) is 0.0909. The zero-order valence-corrected chi connectivity index (χ0v) is 17.3. The monoisotopic (exact) mass is 431 g/mol. The molecule has 0 bridgehead atoms. The number of rotatable bonds is 6. The molecule has 0 saturated heterocycles. The first-order valence-electron chi connectivity index (χ1n) is 9.51. The predicted octanol–water partition coefficient (Wildman–Crippen LogP) is 4.63. The number of aryl methyl sites for hydroxylation is 1.